The molecule has 1 aromatic heterocycles. The van der Waals surface area contributed by atoms with Crippen molar-refractivity contribution in [1.82, 2.24) is 9.80 Å². The number of halogens is 1. The molecule has 1 atom stereocenters. The van der Waals surface area contributed by atoms with Crippen LogP contribution in [0.1, 0.15) is 23.4 Å². The zero-order valence-corrected chi connectivity index (χ0v) is 15.8. The highest BCUT2D eigenvalue weighted by atomic mass is 32.1. The molecule has 0 N–H and O–H groups in total. The molecule has 0 spiro atoms. The second-order valence-corrected chi connectivity index (χ2v) is 8.02. The van der Waals surface area contributed by atoms with Crippen molar-refractivity contribution in [3.8, 4) is 0 Å². The van der Waals surface area contributed by atoms with Gasteiger partial charge in [-0.15, -0.1) is 11.3 Å². The second kappa shape index (κ2) is 7.37. The molecule has 2 aromatic rings. The number of piperazine rings is 1. The van der Waals surface area contributed by atoms with Crippen LogP contribution < -0.4 is 4.90 Å². The van der Waals surface area contributed by atoms with E-state index in [0.717, 1.165) is 13.0 Å². The molecule has 3 heterocycles. The van der Waals surface area contributed by atoms with Crippen molar-refractivity contribution < 1.29 is 9.18 Å². The SMILES string of the molecule is C[C@@H]1c2ccsc2CCN1CC(=O)N1CCN(c2ccccc2F)CC1. The van der Waals surface area contributed by atoms with E-state index in [1.165, 1.54) is 16.5 Å². The number of rotatable bonds is 3. The summed E-state index contributed by atoms with van der Waals surface area (Å²) in [5.41, 5.74) is 2.01. The number of carbonyl (C=O) groups is 1. The van der Waals surface area contributed by atoms with E-state index in [-0.39, 0.29) is 11.7 Å². The zero-order valence-electron chi connectivity index (χ0n) is 15.0. The smallest absolute Gasteiger partial charge is 0.236 e. The van der Waals surface area contributed by atoms with Gasteiger partial charge in [-0.25, -0.2) is 4.39 Å². The van der Waals surface area contributed by atoms with Crippen LogP contribution in [0.4, 0.5) is 10.1 Å². The van der Waals surface area contributed by atoms with Crippen molar-refractivity contribution in [1.29, 1.82) is 0 Å². The predicted octanol–water partition coefficient (Wildman–Crippen LogP) is 3.16. The number of amides is 1. The number of carbonyl (C=O) groups excluding carboxylic acids is 1. The van der Waals surface area contributed by atoms with Gasteiger partial charge in [0.05, 0.1) is 12.2 Å². The van der Waals surface area contributed by atoms with Gasteiger partial charge in [0.15, 0.2) is 0 Å². The van der Waals surface area contributed by atoms with Gasteiger partial charge in [-0.05, 0) is 42.5 Å². The van der Waals surface area contributed by atoms with Crippen LogP contribution in [0, 0.1) is 5.82 Å². The summed E-state index contributed by atoms with van der Waals surface area (Å²) in [5.74, 6) is -0.00954. The molecule has 1 fully saturated rings. The Kier molecular flexibility index (Phi) is 4.96. The first-order chi connectivity index (χ1) is 12.6. The monoisotopic (exact) mass is 373 g/mol. The number of hydrogen-bond acceptors (Lipinski definition) is 4. The quantitative estimate of drug-likeness (QED) is 0.827. The maximum atomic E-state index is 13.9. The van der Waals surface area contributed by atoms with Gasteiger partial charge in [-0.2, -0.15) is 0 Å². The molecule has 2 aliphatic heterocycles. The largest absolute Gasteiger partial charge is 0.366 e. The van der Waals surface area contributed by atoms with E-state index in [1.807, 2.05) is 27.2 Å². The fourth-order valence-corrected chi connectivity index (χ4v) is 4.92. The number of thiophene rings is 1. The Balaban J connectivity index is 1.34. The van der Waals surface area contributed by atoms with E-state index < -0.39 is 0 Å². The molecular weight excluding hydrogens is 349 g/mol. The Bertz CT molecular complexity index is 785. The Morgan fingerprint density at radius 1 is 1.15 bits per heavy atom. The number of anilines is 1. The first-order valence-corrected chi connectivity index (χ1v) is 10.1. The van der Waals surface area contributed by atoms with Crippen LogP contribution in [0.15, 0.2) is 35.7 Å². The Morgan fingerprint density at radius 2 is 1.92 bits per heavy atom. The maximum Gasteiger partial charge on any atom is 0.236 e. The Morgan fingerprint density at radius 3 is 2.69 bits per heavy atom. The third kappa shape index (κ3) is 3.35. The van der Waals surface area contributed by atoms with E-state index in [0.29, 0.717) is 44.5 Å². The molecule has 1 aromatic carbocycles. The lowest BCUT2D eigenvalue weighted by atomic mass is 10.0. The van der Waals surface area contributed by atoms with Crippen molar-refractivity contribution >= 4 is 22.9 Å². The van der Waals surface area contributed by atoms with Gasteiger partial charge >= 0.3 is 0 Å². The molecule has 0 saturated carbocycles. The van der Waals surface area contributed by atoms with Crippen molar-refractivity contribution in [2.45, 2.75) is 19.4 Å². The van der Waals surface area contributed by atoms with Gasteiger partial charge in [0, 0.05) is 43.6 Å². The van der Waals surface area contributed by atoms with E-state index in [4.69, 9.17) is 0 Å². The first-order valence-electron chi connectivity index (χ1n) is 9.21. The lowest BCUT2D eigenvalue weighted by molar-refractivity contribution is -0.133. The highest BCUT2D eigenvalue weighted by Crippen LogP contribution is 2.32. The minimum atomic E-state index is -0.194. The van der Waals surface area contributed by atoms with Gasteiger partial charge in [-0.3, -0.25) is 9.69 Å². The summed E-state index contributed by atoms with van der Waals surface area (Å²) in [7, 11) is 0. The molecule has 4 rings (SSSR count). The average Bonchev–Trinajstić information content (AvgIpc) is 3.14. The van der Waals surface area contributed by atoms with E-state index >= 15 is 0 Å². The molecule has 0 radical (unpaired) electrons. The number of para-hydroxylation sites is 1. The topological polar surface area (TPSA) is 26.8 Å². The summed E-state index contributed by atoms with van der Waals surface area (Å²) in [6, 6.07) is 9.34. The minimum absolute atomic E-state index is 0.184. The highest BCUT2D eigenvalue weighted by Gasteiger charge is 2.29. The zero-order chi connectivity index (χ0) is 18.1. The molecule has 26 heavy (non-hydrogen) atoms. The second-order valence-electron chi connectivity index (χ2n) is 7.01. The normalized spacial score (nSPS) is 20.9. The van der Waals surface area contributed by atoms with Crippen LogP contribution in [-0.4, -0.2) is 55.0 Å². The van der Waals surface area contributed by atoms with Gasteiger partial charge in [-0.1, -0.05) is 12.1 Å². The molecule has 2 aliphatic rings. The third-order valence-electron chi connectivity index (χ3n) is 5.57. The average molecular weight is 373 g/mol. The van der Waals surface area contributed by atoms with Crippen LogP contribution in [-0.2, 0) is 11.2 Å². The standard InChI is InChI=1S/C20H24FN3OS/c1-15-16-7-13-26-19(16)6-8-24(15)14-20(25)23-11-9-22(10-12-23)18-5-3-2-4-17(18)21/h2-5,7,13,15H,6,8-12,14H2,1H3/t15-/m1/s1. The van der Waals surface area contributed by atoms with Crippen LogP contribution in [0.5, 0.6) is 0 Å². The number of benzene rings is 1. The van der Waals surface area contributed by atoms with Crippen molar-refractivity contribution in [3.63, 3.8) is 0 Å². The van der Waals surface area contributed by atoms with Gasteiger partial charge in [0.2, 0.25) is 5.91 Å². The lowest BCUT2D eigenvalue weighted by Crippen LogP contribution is -2.52. The predicted molar refractivity (Wildman–Crippen MR) is 103 cm³/mol. The summed E-state index contributed by atoms with van der Waals surface area (Å²) < 4.78 is 13.9. The summed E-state index contributed by atoms with van der Waals surface area (Å²) in [6.07, 6.45) is 1.03. The summed E-state index contributed by atoms with van der Waals surface area (Å²) in [5, 5.41) is 2.15. The fraction of sp³-hybridized carbons (Fsp3) is 0.450. The molecule has 0 aliphatic carbocycles. The summed E-state index contributed by atoms with van der Waals surface area (Å²) in [6.45, 7) is 6.26. The molecule has 1 amide bonds. The summed E-state index contributed by atoms with van der Waals surface area (Å²) in [4.78, 5) is 20.5. The molecule has 6 heteroatoms. The van der Waals surface area contributed by atoms with Gasteiger partial charge in [0.25, 0.3) is 0 Å². The summed E-state index contributed by atoms with van der Waals surface area (Å²) >= 11 is 1.82. The number of hydrogen-bond donors (Lipinski definition) is 0. The number of fused-ring (bicyclic) bond motifs is 1. The lowest BCUT2D eigenvalue weighted by Gasteiger charge is -2.38. The van der Waals surface area contributed by atoms with E-state index in [9.17, 15) is 9.18 Å². The third-order valence-corrected chi connectivity index (χ3v) is 6.56. The first kappa shape index (κ1) is 17.5. The Hall–Kier alpha value is -1.92. The van der Waals surface area contributed by atoms with Crippen molar-refractivity contribution in [3.05, 3.63) is 52.0 Å². The fourth-order valence-electron chi connectivity index (χ4n) is 3.96. The molecule has 0 bridgehead atoms. The van der Waals surface area contributed by atoms with Crippen molar-refractivity contribution in [2.75, 3.05) is 44.2 Å². The van der Waals surface area contributed by atoms with Crippen molar-refractivity contribution in [2.24, 2.45) is 0 Å². The highest BCUT2D eigenvalue weighted by molar-refractivity contribution is 7.10. The van der Waals surface area contributed by atoms with E-state index in [2.05, 4.69) is 23.3 Å². The van der Waals surface area contributed by atoms with Crippen LogP contribution in [0.3, 0.4) is 0 Å². The van der Waals surface area contributed by atoms with Crippen LogP contribution in [0.2, 0.25) is 0 Å². The Labute approximate surface area is 157 Å². The van der Waals surface area contributed by atoms with Gasteiger partial charge in [0.1, 0.15) is 5.82 Å². The maximum absolute atomic E-state index is 13.9. The van der Waals surface area contributed by atoms with E-state index in [1.54, 1.807) is 12.1 Å². The van der Waals surface area contributed by atoms with Gasteiger partial charge < -0.3 is 9.80 Å². The molecule has 4 nitrogen and oxygen atoms in total. The van der Waals surface area contributed by atoms with Crippen LogP contribution in [0.25, 0.3) is 0 Å². The number of nitrogens with zero attached hydrogens (tertiary/aromatic N) is 3. The molecule has 1 saturated heterocycles. The van der Waals surface area contributed by atoms with Crippen LogP contribution >= 0.6 is 11.3 Å². The minimum Gasteiger partial charge on any atom is -0.366 e. The molecule has 0 unspecified atom stereocenters. The molecule has 138 valence electrons. The molecular formula is C20H24FN3OS.